The second-order valence-electron chi connectivity index (χ2n) is 6.40. The predicted octanol–water partition coefficient (Wildman–Crippen LogP) is 3.28. The summed E-state index contributed by atoms with van der Waals surface area (Å²) in [7, 11) is 0. The number of nitrogens with zero attached hydrogens (tertiary/aromatic N) is 2. The topological polar surface area (TPSA) is 52.7 Å². The number of halogens is 3. The van der Waals surface area contributed by atoms with Gasteiger partial charge in [0.05, 0.1) is 23.0 Å². The van der Waals surface area contributed by atoms with Crippen molar-refractivity contribution in [3.05, 3.63) is 35.9 Å². The van der Waals surface area contributed by atoms with Gasteiger partial charge in [0.15, 0.2) is 0 Å². The Bertz CT molecular complexity index is 731. The van der Waals surface area contributed by atoms with Crippen molar-refractivity contribution in [2.75, 3.05) is 29.9 Å². The Kier molecular flexibility index (Phi) is 5.75. The second-order valence-corrected chi connectivity index (χ2v) is 6.40. The van der Waals surface area contributed by atoms with Crippen molar-refractivity contribution in [1.29, 1.82) is 0 Å². The molecule has 0 radical (unpaired) electrons. The van der Waals surface area contributed by atoms with Gasteiger partial charge in [-0.2, -0.15) is 13.2 Å². The molecule has 5 nitrogen and oxygen atoms in total. The maximum Gasteiger partial charge on any atom is 0.416 e. The van der Waals surface area contributed by atoms with Gasteiger partial charge in [0.1, 0.15) is 6.54 Å². The van der Waals surface area contributed by atoms with Gasteiger partial charge in [-0.25, -0.2) is 0 Å². The number of carbonyl (C=O) groups excluding carboxylic acids is 2. The van der Waals surface area contributed by atoms with Crippen LogP contribution >= 0.6 is 0 Å². The van der Waals surface area contributed by atoms with Crippen LogP contribution in [0.3, 0.4) is 0 Å². The average Bonchev–Trinajstić information content (AvgIpc) is 2.56. The molecule has 1 aliphatic rings. The van der Waals surface area contributed by atoms with Crippen LogP contribution < -0.4 is 10.2 Å². The summed E-state index contributed by atoms with van der Waals surface area (Å²) in [5.74, 6) is -0.871. The second kappa shape index (κ2) is 7.49. The number of carbonyl (C=O) groups is 2. The highest BCUT2D eigenvalue weighted by Gasteiger charge is 2.35. The molecule has 2 amide bonds. The van der Waals surface area contributed by atoms with E-state index in [-0.39, 0.29) is 23.8 Å². The van der Waals surface area contributed by atoms with E-state index in [1.165, 1.54) is 11.0 Å². The number of fused-ring (bicyclic) bond motifs is 1. The molecule has 1 atom stereocenters. The minimum atomic E-state index is -4.53. The zero-order valence-corrected chi connectivity index (χ0v) is 15.0. The van der Waals surface area contributed by atoms with Crippen LogP contribution in [0.4, 0.5) is 24.5 Å². The number of nitrogens with one attached hydrogen (secondary N) is 1. The van der Waals surface area contributed by atoms with Crippen LogP contribution in [0.1, 0.15) is 26.3 Å². The number of likely N-dealkylation sites (N-methyl/N-ethyl adjacent to an activating group) is 1. The zero-order chi connectivity index (χ0) is 19.6. The van der Waals surface area contributed by atoms with Crippen LogP contribution in [0.2, 0.25) is 0 Å². The Morgan fingerprint density at radius 1 is 1.42 bits per heavy atom. The normalized spacial score (nSPS) is 15.5. The third kappa shape index (κ3) is 4.24. The van der Waals surface area contributed by atoms with E-state index in [1.54, 1.807) is 6.92 Å². The summed E-state index contributed by atoms with van der Waals surface area (Å²) in [4.78, 5) is 28.0. The van der Waals surface area contributed by atoms with Gasteiger partial charge in [0.25, 0.3) is 0 Å². The molecule has 1 heterocycles. The number of alkyl halides is 3. The first-order chi connectivity index (χ1) is 12.0. The number of hydrogen-bond donors (Lipinski definition) is 1. The van der Waals surface area contributed by atoms with Crippen molar-refractivity contribution < 1.29 is 22.8 Å². The van der Waals surface area contributed by atoms with Crippen LogP contribution in [-0.4, -0.2) is 42.4 Å². The number of rotatable bonds is 5. The van der Waals surface area contributed by atoms with Crippen molar-refractivity contribution in [2.24, 2.45) is 0 Å². The van der Waals surface area contributed by atoms with E-state index >= 15 is 0 Å². The molecule has 0 fully saturated rings. The van der Waals surface area contributed by atoms with Crippen molar-refractivity contribution in [1.82, 2.24) is 4.90 Å². The smallest absolute Gasteiger partial charge is 0.323 e. The summed E-state index contributed by atoms with van der Waals surface area (Å²) in [6, 6.07) is 2.44. The van der Waals surface area contributed by atoms with Gasteiger partial charge in [0, 0.05) is 6.54 Å². The van der Waals surface area contributed by atoms with Crippen molar-refractivity contribution in [2.45, 2.75) is 33.0 Å². The SMILES string of the molecule is C=C(C)CN(CC)C(C)C(=O)N1CC(=O)Nc2cc(C(F)(F)F)ccc21. The Morgan fingerprint density at radius 2 is 2.08 bits per heavy atom. The van der Waals surface area contributed by atoms with Crippen LogP contribution in [0, 0.1) is 0 Å². The van der Waals surface area contributed by atoms with Gasteiger partial charge < -0.3 is 5.32 Å². The fourth-order valence-electron chi connectivity index (χ4n) is 2.91. The van der Waals surface area contributed by atoms with Gasteiger partial charge in [-0.15, -0.1) is 0 Å². The number of amides is 2. The van der Waals surface area contributed by atoms with Gasteiger partial charge in [0.2, 0.25) is 11.8 Å². The molecular formula is C18H22F3N3O2. The van der Waals surface area contributed by atoms with Crippen LogP contribution in [0.5, 0.6) is 0 Å². The van der Waals surface area contributed by atoms with Crippen LogP contribution in [0.25, 0.3) is 0 Å². The largest absolute Gasteiger partial charge is 0.416 e. The lowest BCUT2D eigenvalue weighted by atomic mass is 10.1. The molecule has 2 rings (SSSR count). The Balaban J connectivity index is 2.35. The standard InChI is InChI=1S/C18H22F3N3O2/c1-5-23(9-11(2)3)12(4)17(26)24-10-16(25)22-14-8-13(18(19,20)21)6-7-15(14)24/h6-8,12H,2,5,9-10H2,1,3-4H3,(H,22,25). The Labute approximate surface area is 150 Å². The summed E-state index contributed by atoms with van der Waals surface area (Å²) < 4.78 is 38.7. The predicted molar refractivity (Wildman–Crippen MR) is 93.9 cm³/mol. The summed E-state index contributed by atoms with van der Waals surface area (Å²) in [6.07, 6.45) is -4.53. The maximum atomic E-state index is 12.9. The van der Waals surface area contributed by atoms with Gasteiger partial charge in [-0.05, 0) is 38.6 Å². The lowest BCUT2D eigenvalue weighted by Crippen LogP contribution is -2.51. The summed E-state index contributed by atoms with van der Waals surface area (Å²) >= 11 is 0. The lowest BCUT2D eigenvalue weighted by Gasteiger charge is -2.35. The van der Waals surface area contributed by atoms with E-state index in [0.717, 1.165) is 17.7 Å². The van der Waals surface area contributed by atoms with Crippen molar-refractivity contribution in [3.63, 3.8) is 0 Å². The minimum absolute atomic E-state index is 0.0143. The number of benzene rings is 1. The molecule has 1 N–H and O–H groups in total. The first-order valence-electron chi connectivity index (χ1n) is 8.25. The maximum absolute atomic E-state index is 12.9. The Morgan fingerprint density at radius 3 is 2.62 bits per heavy atom. The average molecular weight is 369 g/mol. The molecule has 1 unspecified atom stereocenters. The molecule has 1 aromatic rings. The molecule has 0 saturated carbocycles. The molecular weight excluding hydrogens is 347 g/mol. The third-order valence-electron chi connectivity index (χ3n) is 4.24. The van der Waals surface area contributed by atoms with Gasteiger partial charge in [-0.3, -0.25) is 19.4 Å². The van der Waals surface area contributed by atoms with E-state index in [2.05, 4.69) is 11.9 Å². The quantitative estimate of drug-likeness (QED) is 0.811. The summed E-state index contributed by atoms with van der Waals surface area (Å²) in [6.45, 7) is 10.2. The van der Waals surface area contributed by atoms with E-state index < -0.39 is 23.7 Å². The highest BCUT2D eigenvalue weighted by Crippen LogP contribution is 2.37. The fourth-order valence-corrected chi connectivity index (χ4v) is 2.91. The Hall–Kier alpha value is -2.35. The molecule has 0 bridgehead atoms. The highest BCUT2D eigenvalue weighted by atomic mass is 19.4. The zero-order valence-electron chi connectivity index (χ0n) is 15.0. The minimum Gasteiger partial charge on any atom is -0.323 e. The third-order valence-corrected chi connectivity index (χ3v) is 4.24. The molecule has 0 aromatic heterocycles. The lowest BCUT2D eigenvalue weighted by molar-refractivity contribution is -0.137. The highest BCUT2D eigenvalue weighted by molar-refractivity contribution is 6.11. The molecule has 1 aromatic carbocycles. The summed E-state index contributed by atoms with van der Waals surface area (Å²) in [5.41, 5.74) is 0.259. The molecule has 0 saturated heterocycles. The molecule has 26 heavy (non-hydrogen) atoms. The van der Waals surface area contributed by atoms with Crippen molar-refractivity contribution in [3.8, 4) is 0 Å². The van der Waals surface area contributed by atoms with Crippen LogP contribution in [0.15, 0.2) is 30.4 Å². The molecule has 1 aliphatic heterocycles. The summed E-state index contributed by atoms with van der Waals surface area (Å²) in [5, 5.41) is 2.41. The van der Waals surface area contributed by atoms with E-state index in [4.69, 9.17) is 0 Å². The number of anilines is 2. The first-order valence-corrected chi connectivity index (χ1v) is 8.25. The molecule has 0 aliphatic carbocycles. The monoisotopic (exact) mass is 369 g/mol. The molecule has 142 valence electrons. The molecule has 0 spiro atoms. The van der Waals surface area contributed by atoms with Gasteiger partial charge in [-0.1, -0.05) is 19.1 Å². The van der Waals surface area contributed by atoms with Crippen molar-refractivity contribution >= 4 is 23.2 Å². The first kappa shape index (κ1) is 20.0. The van der Waals surface area contributed by atoms with Gasteiger partial charge >= 0.3 is 6.18 Å². The van der Waals surface area contributed by atoms with Crippen LogP contribution in [-0.2, 0) is 15.8 Å². The van der Waals surface area contributed by atoms with E-state index in [0.29, 0.717) is 13.1 Å². The fraction of sp³-hybridized carbons (Fsp3) is 0.444. The molecule has 8 heteroatoms. The number of hydrogen-bond acceptors (Lipinski definition) is 3. The van der Waals surface area contributed by atoms with E-state index in [9.17, 15) is 22.8 Å². The van der Waals surface area contributed by atoms with E-state index in [1.807, 2.05) is 18.7 Å².